The highest BCUT2D eigenvalue weighted by molar-refractivity contribution is 6.28. The smallest absolute Gasteiger partial charge is 0.328 e. The van der Waals surface area contributed by atoms with Crippen molar-refractivity contribution in [2.24, 2.45) is 0 Å². The third-order valence-corrected chi connectivity index (χ3v) is 6.23. The molecule has 244 valence electrons. The molecule has 0 aliphatic heterocycles. The minimum atomic E-state index is -0.977. The number of carbonyl (C=O) groups is 4. The third-order valence-electron chi connectivity index (χ3n) is 6.06. The first-order chi connectivity index (χ1) is 20.7. The number of hydrogen-bond donors (Lipinski definition) is 2. The summed E-state index contributed by atoms with van der Waals surface area (Å²) in [5, 5.41) is 5.53. The van der Waals surface area contributed by atoms with Gasteiger partial charge in [0.15, 0.2) is 0 Å². The zero-order valence-electron chi connectivity index (χ0n) is 26.0. The maximum Gasteiger partial charge on any atom is 0.328 e. The average molecular weight is 630 g/mol. The van der Waals surface area contributed by atoms with Gasteiger partial charge in [-0.2, -0.15) is 15.0 Å². The van der Waals surface area contributed by atoms with E-state index in [1.807, 2.05) is 27.7 Å². The number of anilines is 2. The minimum Gasteiger partial charge on any atom is -0.466 e. The van der Waals surface area contributed by atoms with Crippen molar-refractivity contribution in [1.82, 2.24) is 15.0 Å². The van der Waals surface area contributed by atoms with Gasteiger partial charge >= 0.3 is 23.9 Å². The predicted octanol–water partition coefficient (Wildman–Crippen LogP) is 5.02. The molecule has 1 aromatic heterocycles. The van der Waals surface area contributed by atoms with E-state index in [1.54, 1.807) is 0 Å². The van der Waals surface area contributed by atoms with Crippen LogP contribution in [0.1, 0.15) is 105 Å². The molecule has 0 aliphatic rings. The number of hydrogen-bond acceptors (Lipinski definition) is 13. The molecular weight excluding hydrogens is 582 g/mol. The summed E-state index contributed by atoms with van der Waals surface area (Å²) in [5.74, 6) is -2.18. The molecule has 14 heteroatoms. The minimum absolute atomic E-state index is 0.0335. The molecule has 1 heterocycles. The van der Waals surface area contributed by atoms with E-state index in [-0.39, 0.29) is 56.1 Å². The van der Waals surface area contributed by atoms with Crippen molar-refractivity contribution in [2.75, 3.05) is 37.1 Å². The first-order valence-corrected chi connectivity index (χ1v) is 15.7. The van der Waals surface area contributed by atoms with Gasteiger partial charge in [-0.05, 0) is 50.1 Å². The van der Waals surface area contributed by atoms with Crippen LogP contribution in [0.15, 0.2) is 0 Å². The van der Waals surface area contributed by atoms with Crippen molar-refractivity contribution < 1.29 is 38.1 Å². The predicted molar refractivity (Wildman–Crippen MR) is 162 cm³/mol. The summed E-state index contributed by atoms with van der Waals surface area (Å²) in [4.78, 5) is 62.4. The molecule has 0 unspecified atom stereocenters. The van der Waals surface area contributed by atoms with Gasteiger partial charge in [-0.15, -0.1) is 0 Å². The molecule has 0 bridgehead atoms. The maximum absolute atomic E-state index is 12.8. The molecule has 43 heavy (non-hydrogen) atoms. The number of halogens is 1. The van der Waals surface area contributed by atoms with Crippen LogP contribution < -0.4 is 10.6 Å². The highest BCUT2D eigenvalue weighted by atomic mass is 35.5. The molecule has 0 aliphatic carbocycles. The molecule has 2 atom stereocenters. The summed E-state index contributed by atoms with van der Waals surface area (Å²) in [6.07, 6.45) is 6.38. The van der Waals surface area contributed by atoms with E-state index in [9.17, 15) is 19.2 Å². The molecular formula is C29H48ClN5O8. The fraction of sp³-hybridized carbons (Fsp3) is 0.759. The summed E-state index contributed by atoms with van der Waals surface area (Å²) in [7, 11) is 0. The molecule has 0 fully saturated rings. The van der Waals surface area contributed by atoms with E-state index in [4.69, 9.17) is 30.5 Å². The van der Waals surface area contributed by atoms with Gasteiger partial charge in [0, 0.05) is 12.8 Å². The molecule has 1 rings (SSSR count). The van der Waals surface area contributed by atoms with Gasteiger partial charge in [0.25, 0.3) is 0 Å². The number of rotatable bonds is 24. The number of aromatic nitrogens is 3. The van der Waals surface area contributed by atoms with Crippen LogP contribution in [0, 0.1) is 0 Å². The maximum atomic E-state index is 12.8. The van der Waals surface area contributed by atoms with Gasteiger partial charge in [-0.25, -0.2) is 9.59 Å². The second-order valence-corrected chi connectivity index (χ2v) is 10.3. The van der Waals surface area contributed by atoms with Crippen LogP contribution in [0.5, 0.6) is 0 Å². The molecule has 0 radical (unpaired) electrons. The van der Waals surface area contributed by atoms with E-state index in [2.05, 4.69) is 25.6 Å². The van der Waals surface area contributed by atoms with Crippen molar-refractivity contribution in [2.45, 2.75) is 117 Å². The number of ether oxygens (including phenoxy) is 4. The van der Waals surface area contributed by atoms with Crippen LogP contribution >= 0.6 is 11.6 Å². The average Bonchev–Trinajstić information content (AvgIpc) is 2.97. The summed E-state index contributed by atoms with van der Waals surface area (Å²) >= 11 is 6.15. The summed E-state index contributed by atoms with van der Waals surface area (Å²) in [6, 6.07) is -1.95. The lowest BCUT2D eigenvalue weighted by Gasteiger charge is -2.19. The lowest BCUT2D eigenvalue weighted by Crippen LogP contribution is -2.35. The van der Waals surface area contributed by atoms with Gasteiger partial charge in [0.2, 0.25) is 17.2 Å². The van der Waals surface area contributed by atoms with Gasteiger partial charge < -0.3 is 29.6 Å². The van der Waals surface area contributed by atoms with Crippen LogP contribution in [0.2, 0.25) is 5.28 Å². The Labute approximate surface area is 259 Å². The standard InChI is InChI=1S/C29H48ClN5O8/c1-5-9-17-40-23(36)15-13-21(25(38)42-19-11-7-3)31-28-33-27(30)34-29(35-28)32-22(26(39)43-20-12-8-4)14-16-24(37)41-18-10-6-2/h21-22H,5-20H2,1-4H3,(H2,31,32,33,34,35)/t21-,22-/m0/s1. The zero-order chi connectivity index (χ0) is 31.9. The second kappa shape index (κ2) is 23.3. The van der Waals surface area contributed by atoms with Crippen molar-refractivity contribution in [1.29, 1.82) is 0 Å². The van der Waals surface area contributed by atoms with E-state index in [1.165, 1.54) is 0 Å². The zero-order valence-corrected chi connectivity index (χ0v) is 26.7. The number of unbranched alkanes of at least 4 members (excludes halogenated alkanes) is 4. The molecule has 0 saturated heterocycles. The van der Waals surface area contributed by atoms with Gasteiger partial charge in [-0.1, -0.05) is 53.4 Å². The first kappa shape index (κ1) is 37.8. The molecule has 0 amide bonds. The highest BCUT2D eigenvalue weighted by Crippen LogP contribution is 2.16. The number of carbonyl (C=O) groups excluding carboxylic acids is 4. The number of nitrogens with zero attached hydrogens (tertiary/aromatic N) is 3. The second-order valence-electron chi connectivity index (χ2n) is 9.91. The monoisotopic (exact) mass is 629 g/mol. The van der Waals surface area contributed by atoms with E-state index >= 15 is 0 Å². The largest absolute Gasteiger partial charge is 0.466 e. The van der Waals surface area contributed by atoms with Crippen LogP contribution in [0.3, 0.4) is 0 Å². The fourth-order valence-corrected chi connectivity index (χ4v) is 3.61. The molecule has 2 N–H and O–H groups in total. The van der Waals surface area contributed by atoms with Crippen molar-refractivity contribution in [3.8, 4) is 0 Å². The van der Waals surface area contributed by atoms with Crippen LogP contribution in [-0.2, 0) is 38.1 Å². The van der Waals surface area contributed by atoms with Gasteiger partial charge in [0.05, 0.1) is 26.4 Å². The van der Waals surface area contributed by atoms with E-state index in [0.717, 1.165) is 38.5 Å². The number of esters is 4. The topological polar surface area (TPSA) is 168 Å². The fourth-order valence-electron chi connectivity index (χ4n) is 3.45. The molecule has 0 aromatic carbocycles. The van der Waals surface area contributed by atoms with Crippen LogP contribution in [0.25, 0.3) is 0 Å². The summed E-state index contributed by atoms with van der Waals surface area (Å²) < 4.78 is 21.1. The highest BCUT2D eigenvalue weighted by Gasteiger charge is 2.26. The Morgan fingerprint density at radius 1 is 0.605 bits per heavy atom. The first-order valence-electron chi connectivity index (χ1n) is 15.3. The Morgan fingerprint density at radius 3 is 1.30 bits per heavy atom. The Hall–Kier alpha value is -3.22. The normalized spacial score (nSPS) is 12.1. The van der Waals surface area contributed by atoms with Gasteiger partial charge in [0.1, 0.15) is 12.1 Å². The summed E-state index contributed by atoms with van der Waals surface area (Å²) in [5.41, 5.74) is 0. The van der Waals surface area contributed by atoms with Crippen molar-refractivity contribution in [3.05, 3.63) is 5.28 Å². The van der Waals surface area contributed by atoms with Crippen LogP contribution in [-0.4, -0.2) is 77.3 Å². The van der Waals surface area contributed by atoms with E-state index in [0.29, 0.717) is 26.1 Å². The molecule has 0 saturated carbocycles. The molecule has 1 aromatic rings. The lowest BCUT2D eigenvalue weighted by molar-refractivity contribution is -0.148. The third kappa shape index (κ3) is 17.5. The SMILES string of the molecule is CCCCOC(=O)CC[C@H](Nc1nc(Cl)nc(N[C@@H](CCC(=O)OCCCC)C(=O)OCCCC)n1)C(=O)OCCCC. The van der Waals surface area contributed by atoms with Crippen molar-refractivity contribution >= 4 is 47.4 Å². The van der Waals surface area contributed by atoms with E-state index < -0.39 is 36.0 Å². The Balaban J connectivity index is 3.04. The van der Waals surface area contributed by atoms with Gasteiger partial charge in [-0.3, -0.25) is 9.59 Å². The number of nitrogens with one attached hydrogen (secondary N) is 2. The Kier molecular flexibility index (Phi) is 20.5. The quantitative estimate of drug-likeness (QED) is 0.0889. The van der Waals surface area contributed by atoms with Crippen LogP contribution in [0.4, 0.5) is 11.9 Å². The Morgan fingerprint density at radius 2 is 0.953 bits per heavy atom. The Bertz CT molecular complexity index is 912. The van der Waals surface area contributed by atoms with Crippen molar-refractivity contribution in [3.63, 3.8) is 0 Å². The summed E-state index contributed by atoms with van der Waals surface area (Å²) in [6.45, 7) is 8.99. The molecule has 13 nitrogen and oxygen atoms in total. The lowest BCUT2D eigenvalue weighted by atomic mass is 10.1. The molecule has 0 spiro atoms.